The number of carbonyl (C=O) groups excluding carboxylic acids is 2. The summed E-state index contributed by atoms with van der Waals surface area (Å²) in [5.41, 5.74) is 1.84. The normalized spacial score (nSPS) is 13.1. The molecule has 0 atom stereocenters. The van der Waals surface area contributed by atoms with Crippen LogP contribution in [0, 0.1) is 0 Å². The van der Waals surface area contributed by atoms with E-state index in [1.165, 1.54) is 0 Å². The van der Waals surface area contributed by atoms with Gasteiger partial charge in [0.1, 0.15) is 5.75 Å². The summed E-state index contributed by atoms with van der Waals surface area (Å²) in [4.78, 5) is 29.7. The molecule has 2 aromatic rings. The fourth-order valence-electron chi connectivity index (χ4n) is 3.30. The molecule has 7 heteroatoms. The number of rotatable bonds is 7. The van der Waals surface area contributed by atoms with Crippen LogP contribution in [0.15, 0.2) is 24.3 Å². The molecule has 3 rings (SSSR count). The van der Waals surface area contributed by atoms with Crippen molar-refractivity contribution in [3.8, 4) is 5.75 Å². The highest BCUT2D eigenvalue weighted by molar-refractivity contribution is 6.05. The lowest BCUT2D eigenvalue weighted by atomic mass is 10.1. The Morgan fingerprint density at radius 3 is 2.61 bits per heavy atom. The fraction of sp³-hybridized carbons (Fsp3) is 0.476. The highest BCUT2D eigenvalue weighted by Crippen LogP contribution is 2.23. The third-order valence-corrected chi connectivity index (χ3v) is 4.56. The maximum atomic E-state index is 12.8. The molecule has 28 heavy (non-hydrogen) atoms. The van der Waals surface area contributed by atoms with Gasteiger partial charge in [0, 0.05) is 18.8 Å². The number of nitrogens with zero attached hydrogens (tertiary/aromatic N) is 2. The minimum Gasteiger partial charge on any atom is -0.491 e. The van der Waals surface area contributed by atoms with Crippen LogP contribution in [0.4, 0.5) is 5.69 Å². The molecule has 0 saturated carbocycles. The lowest BCUT2D eigenvalue weighted by Crippen LogP contribution is -2.28. The largest absolute Gasteiger partial charge is 0.491 e. The first-order valence-corrected chi connectivity index (χ1v) is 9.95. The molecular formula is C21H28N4O3. The van der Waals surface area contributed by atoms with Crippen LogP contribution in [-0.4, -0.2) is 34.0 Å². The lowest BCUT2D eigenvalue weighted by Gasteiger charge is -2.17. The van der Waals surface area contributed by atoms with Crippen molar-refractivity contribution in [2.24, 2.45) is 0 Å². The molecule has 150 valence electrons. The second-order valence-electron chi connectivity index (χ2n) is 7.24. The van der Waals surface area contributed by atoms with Crippen LogP contribution < -0.4 is 15.4 Å². The van der Waals surface area contributed by atoms with E-state index < -0.39 is 0 Å². The quantitative estimate of drug-likeness (QED) is 0.766. The molecule has 0 bridgehead atoms. The summed E-state index contributed by atoms with van der Waals surface area (Å²) in [5, 5.41) is 5.74. The number of imidazole rings is 1. The topological polar surface area (TPSA) is 85.2 Å². The second-order valence-corrected chi connectivity index (χ2v) is 7.24. The maximum Gasteiger partial charge on any atom is 0.287 e. The molecule has 0 fully saturated rings. The first-order chi connectivity index (χ1) is 13.5. The van der Waals surface area contributed by atoms with Gasteiger partial charge in [-0.2, -0.15) is 0 Å². The number of amides is 2. The van der Waals surface area contributed by atoms with Crippen molar-refractivity contribution in [1.82, 2.24) is 14.9 Å². The van der Waals surface area contributed by atoms with Crippen molar-refractivity contribution in [2.75, 3.05) is 11.9 Å². The summed E-state index contributed by atoms with van der Waals surface area (Å²) >= 11 is 0. The predicted molar refractivity (Wildman–Crippen MR) is 108 cm³/mol. The third-order valence-electron chi connectivity index (χ3n) is 4.56. The monoisotopic (exact) mass is 384 g/mol. The molecule has 0 spiro atoms. The van der Waals surface area contributed by atoms with E-state index in [4.69, 9.17) is 4.74 Å². The number of fused-ring (bicyclic) bond motifs is 1. The van der Waals surface area contributed by atoms with Crippen molar-refractivity contribution < 1.29 is 14.3 Å². The Balaban J connectivity index is 1.79. The Kier molecular flexibility index (Phi) is 6.34. The molecule has 2 amide bonds. The van der Waals surface area contributed by atoms with Crippen molar-refractivity contribution in [3.05, 3.63) is 41.5 Å². The van der Waals surface area contributed by atoms with Crippen LogP contribution in [0.2, 0.25) is 0 Å². The van der Waals surface area contributed by atoms with Crippen LogP contribution in [-0.2, 0) is 13.0 Å². The molecule has 2 N–H and O–H groups in total. The summed E-state index contributed by atoms with van der Waals surface area (Å²) in [7, 11) is 0. The standard InChI is InChI=1S/C21H28N4O3/c1-4-12-22-21(27)19-24-18(17-7-5-6-13-25(17)19)20(26)23-15-8-10-16(11-9-15)28-14(2)3/h8-11,14H,4-7,12-13H2,1-3H3,(H,22,27)(H,23,26). The molecule has 1 aliphatic heterocycles. The van der Waals surface area contributed by atoms with Gasteiger partial charge in [-0.05, 0) is 63.8 Å². The molecule has 7 nitrogen and oxygen atoms in total. The number of benzene rings is 1. The first-order valence-electron chi connectivity index (χ1n) is 9.95. The number of ether oxygens (including phenoxy) is 1. The van der Waals surface area contributed by atoms with Gasteiger partial charge < -0.3 is 19.9 Å². The summed E-state index contributed by atoms with van der Waals surface area (Å²) < 4.78 is 7.51. The van der Waals surface area contributed by atoms with Gasteiger partial charge in [0.05, 0.1) is 11.8 Å². The van der Waals surface area contributed by atoms with Gasteiger partial charge in [-0.1, -0.05) is 6.92 Å². The number of anilines is 1. The van der Waals surface area contributed by atoms with Crippen LogP contribution in [0.5, 0.6) is 5.75 Å². The molecule has 0 saturated heterocycles. The lowest BCUT2D eigenvalue weighted by molar-refractivity contribution is 0.0937. The average molecular weight is 384 g/mol. The predicted octanol–water partition coefficient (Wildman–Crippen LogP) is 3.40. The van der Waals surface area contributed by atoms with E-state index in [1.54, 1.807) is 12.1 Å². The Labute approximate surface area is 165 Å². The molecule has 0 radical (unpaired) electrons. The highest BCUT2D eigenvalue weighted by atomic mass is 16.5. The molecule has 1 aliphatic rings. The summed E-state index contributed by atoms with van der Waals surface area (Å²) in [6.45, 7) is 7.23. The second kappa shape index (κ2) is 8.91. The molecule has 1 aromatic heterocycles. The molecule has 0 unspecified atom stereocenters. The van der Waals surface area contributed by atoms with E-state index in [2.05, 4.69) is 15.6 Å². The zero-order valence-electron chi connectivity index (χ0n) is 16.7. The summed E-state index contributed by atoms with van der Waals surface area (Å²) in [6, 6.07) is 7.24. The maximum absolute atomic E-state index is 12.8. The van der Waals surface area contributed by atoms with Crippen LogP contribution in [0.25, 0.3) is 0 Å². The third kappa shape index (κ3) is 4.52. The Morgan fingerprint density at radius 1 is 1.18 bits per heavy atom. The number of hydrogen-bond donors (Lipinski definition) is 2. The van der Waals surface area contributed by atoms with Gasteiger partial charge in [-0.25, -0.2) is 4.98 Å². The van der Waals surface area contributed by atoms with Crippen LogP contribution >= 0.6 is 0 Å². The first kappa shape index (κ1) is 19.9. The van der Waals surface area contributed by atoms with Gasteiger partial charge in [-0.3, -0.25) is 9.59 Å². The number of hydrogen-bond acceptors (Lipinski definition) is 4. The summed E-state index contributed by atoms with van der Waals surface area (Å²) in [5.74, 6) is 0.563. The van der Waals surface area contributed by atoms with E-state index in [0.717, 1.165) is 37.1 Å². The number of carbonyl (C=O) groups is 2. The average Bonchev–Trinajstić information content (AvgIpc) is 3.07. The smallest absolute Gasteiger partial charge is 0.287 e. The van der Waals surface area contributed by atoms with Gasteiger partial charge in [-0.15, -0.1) is 0 Å². The van der Waals surface area contributed by atoms with Crippen molar-refractivity contribution in [2.45, 2.75) is 59.1 Å². The minimum absolute atomic E-state index is 0.0924. The Morgan fingerprint density at radius 2 is 1.93 bits per heavy atom. The summed E-state index contributed by atoms with van der Waals surface area (Å²) in [6.07, 6.45) is 3.66. The van der Waals surface area contributed by atoms with Crippen LogP contribution in [0.1, 0.15) is 66.8 Å². The van der Waals surface area contributed by atoms with E-state index in [-0.39, 0.29) is 17.9 Å². The van der Waals surface area contributed by atoms with E-state index >= 15 is 0 Å². The van der Waals surface area contributed by atoms with Crippen molar-refractivity contribution >= 4 is 17.5 Å². The zero-order chi connectivity index (χ0) is 20.1. The van der Waals surface area contributed by atoms with Gasteiger partial charge in [0.15, 0.2) is 11.5 Å². The molecule has 0 aliphatic carbocycles. The van der Waals surface area contributed by atoms with Gasteiger partial charge in [0.2, 0.25) is 0 Å². The Bertz CT molecular complexity index is 840. The van der Waals surface area contributed by atoms with Gasteiger partial charge in [0.25, 0.3) is 11.8 Å². The minimum atomic E-state index is -0.294. The van der Waals surface area contributed by atoms with E-state index in [9.17, 15) is 9.59 Å². The Hall–Kier alpha value is -2.83. The molecular weight excluding hydrogens is 356 g/mol. The van der Waals surface area contributed by atoms with Crippen LogP contribution in [0.3, 0.4) is 0 Å². The van der Waals surface area contributed by atoms with Crippen molar-refractivity contribution in [3.63, 3.8) is 0 Å². The van der Waals surface area contributed by atoms with E-state index in [0.29, 0.717) is 30.3 Å². The highest BCUT2D eigenvalue weighted by Gasteiger charge is 2.27. The molecule has 2 heterocycles. The SMILES string of the molecule is CCCNC(=O)c1nc(C(=O)Nc2ccc(OC(C)C)cc2)c2n1CCCC2. The van der Waals surface area contributed by atoms with Gasteiger partial charge >= 0.3 is 0 Å². The van der Waals surface area contributed by atoms with E-state index in [1.807, 2.05) is 37.5 Å². The van der Waals surface area contributed by atoms with Crippen molar-refractivity contribution in [1.29, 1.82) is 0 Å². The fourth-order valence-corrected chi connectivity index (χ4v) is 3.30. The molecule has 1 aromatic carbocycles. The number of nitrogens with one attached hydrogen (secondary N) is 2. The zero-order valence-corrected chi connectivity index (χ0v) is 16.7. The number of aromatic nitrogens is 2.